The van der Waals surface area contributed by atoms with Crippen LogP contribution in [0.1, 0.15) is 36.4 Å². The fourth-order valence-electron chi connectivity index (χ4n) is 3.77. The number of carboxylic acids is 1. The van der Waals surface area contributed by atoms with Gasteiger partial charge in [0.05, 0.1) is 13.2 Å². The van der Waals surface area contributed by atoms with E-state index in [9.17, 15) is 4.79 Å². The van der Waals surface area contributed by atoms with Crippen molar-refractivity contribution < 1.29 is 14.6 Å². The topological polar surface area (TPSA) is 75.8 Å². The summed E-state index contributed by atoms with van der Waals surface area (Å²) in [6, 6.07) is 28.2. The first-order valence-electron chi connectivity index (χ1n) is 10.6. The minimum absolute atomic E-state index is 0.0314. The second-order valence-corrected chi connectivity index (χ2v) is 7.56. The molecule has 0 aliphatic carbocycles. The molecule has 0 bridgehead atoms. The van der Waals surface area contributed by atoms with E-state index in [4.69, 9.17) is 15.6 Å². The predicted octanol–water partition coefficient (Wildman–Crippen LogP) is 4.87. The molecule has 1 unspecified atom stereocenters. The lowest BCUT2D eigenvalue weighted by atomic mass is 9.96. The van der Waals surface area contributed by atoms with Gasteiger partial charge >= 0.3 is 5.97 Å². The summed E-state index contributed by atoms with van der Waals surface area (Å²) in [6.07, 6.45) is 2.05. The molecule has 0 spiro atoms. The van der Waals surface area contributed by atoms with Crippen molar-refractivity contribution in [2.75, 3.05) is 18.6 Å². The van der Waals surface area contributed by atoms with Crippen LogP contribution in [0.25, 0.3) is 0 Å². The first kappa shape index (κ1) is 22.4. The molecule has 3 rings (SSSR count). The van der Waals surface area contributed by atoms with Gasteiger partial charge in [-0.25, -0.2) is 0 Å². The fraction of sp³-hybridized carbons (Fsp3) is 0.269. The number of nitrogens with two attached hydrogens (primary N) is 1. The SMILES string of the molecule is COc1ccc(N(CCCCC(N)C(=O)O)C(c2ccccc2)c2ccccc2)cc1. The molecule has 0 radical (unpaired) electrons. The molecule has 5 nitrogen and oxygen atoms in total. The first-order chi connectivity index (χ1) is 15.1. The van der Waals surface area contributed by atoms with Gasteiger partial charge in [-0.05, 0) is 54.7 Å². The number of carboxylic acid groups (broad SMARTS) is 1. The number of aliphatic carboxylic acids is 1. The number of methoxy groups -OCH3 is 1. The van der Waals surface area contributed by atoms with E-state index in [0.717, 1.165) is 30.8 Å². The Labute approximate surface area is 184 Å². The van der Waals surface area contributed by atoms with Crippen LogP contribution in [0.4, 0.5) is 5.69 Å². The second kappa shape index (κ2) is 11.2. The average Bonchev–Trinajstić information content (AvgIpc) is 2.82. The Balaban J connectivity index is 1.92. The molecule has 0 aromatic heterocycles. The zero-order chi connectivity index (χ0) is 22.1. The van der Waals surface area contributed by atoms with Crippen LogP contribution in [0.2, 0.25) is 0 Å². The van der Waals surface area contributed by atoms with Crippen molar-refractivity contribution in [3.05, 3.63) is 96.1 Å². The van der Waals surface area contributed by atoms with Crippen LogP contribution in [0.15, 0.2) is 84.9 Å². The highest BCUT2D eigenvalue weighted by Crippen LogP contribution is 2.34. The molecule has 0 amide bonds. The molecular weight excluding hydrogens is 388 g/mol. The second-order valence-electron chi connectivity index (χ2n) is 7.56. The summed E-state index contributed by atoms with van der Waals surface area (Å²) in [7, 11) is 1.66. The maximum atomic E-state index is 11.0. The normalized spacial score (nSPS) is 11.8. The van der Waals surface area contributed by atoms with Crippen LogP contribution in [0.3, 0.4) is 0 Å². The van der Waals surface area contributed by atoms with Crippen molar-refractivity contribution in [2.45, 2.75) is 31.3 Å². The highest BCUT2D eigenvalue weighted by Gasteiger charge is 2.23. The molecule has 3 N–H and O–H groups in total. The van der Waals surface area contributed by atoms with E-state index in [2.05, 4.69) is 65.6 Å². The van der Waals surface area contributed by atoms with E-state index in [0.29, 0.717) is 6.42 Å². The minimum Gasteiger partial charge on any atom is -0.497 e. The predicted molar refractivity (Wildman–Crippen MR) is 125 cm³/mol. The molecular formula is C26H30N2O3. The summed E-state index contributed by atoms with van der Waals surface area (Å²) in [6.45, 7) is 0.771. The standard InChI is InChI=1S/C26H30N2O3/c1-31-23-17-15-22(16-18-23)28(19-9-8-14-24(27)26(29)30)25(20-10-4-2-5-11-20)21-12-6-3-7-13-21/h2-7,10-13,15-18,24-25H,8-9,14,19,27H2,1H3,(H,29,30). The van der Waals surface area contributed by atoms with Gasteiger partial charge in [0.25, 0.3) is 0 Å². The molecule has 3 aromatic carbocycles. The number of hydrogen-bond acceptors (Lipinski definition) is 4. The van der Waals surface area contributed by atoms with Crippen molar-refractivity contribution in [1.29, 1.82) is 0 Å². The zero-order valence-electron chi connectivity index (χ0n) is 17.9. The number of benzene rings is 3. The molecule has 31 heavy (non-hydrogen) atoms. The summed E-state index contributed by atoms with van der Waals surface area (Å²) in [5, 5.41) is 9.06. The maximum absolute atomic E-state index is 11.0. The highest BCUT2D eigenvalue weighted by atomic mass is 16.5. The van der Waals surface area contributed by atoms with Crippen LogP contribution in [-0.2, 0) is 4.79 Å². The fourth-order valence-corrected chi connectivity index (χ4v) is 3.77. The highest BCUT2D eigenvalue weighted by molar-refractivity contribution is 5.72. The lowest BCUT2D eigenvalue weighted by Crippen LogP contribution is -2.32. The Morgan fingerprint density at radius 2 is 1.45 bits per heavy atom. The monoisotopic (exact) mass is 418 g/mol. The van der Waals surface area contributed by atoms with Gasteiger partial charge in [-0.1, -0.05) is 60.7 Å². The van der Waals surface area contributed by atoms with Gasteiger partial charge < -0.3 is 20.5 Å². The number of rotatable bonds is 11. The zero-order valence-corrected chi connectivity index (χ0v) is 17.9. The number of nitrogens with zero attached hydrogens (tertiary/aromatic N) is 1. The number of hydrogen-bond donors (Lipinski definition) is 2. The Kier molecular flexibility index (Phi) is 8.07. The summed E-state index contributed by atoms with van der Waals surface area (Å²) >= 11 is 0. The van der Waals surface area contributed by atoms with Gasteiger partial charge in [-0.15, -0.1) is 0 Å². The molecule has 0 heterocycles. The summed E-state index contributed by atoms with van der Waals surface area (Å²) in [5.41, 5.74) is 9.18. The van der Waals surface area contributed by atoms with Gasteiger partial charge in [0.15, 0.2) is 0 Å². The lowest BCUT2D eigenvalue weighted by molar-refractivity contribution is -0.138. The van der Waals surface area contributed by atoms with E-state index in [1.54, 1.807) is 7.11 Å². The molecule has 3 aromatic rings. The summed E-state index contributed by atoms with van der Waals surface area (Å²) < 4.78 is 5.34. The van der Waals surface area contributed by atoms with Gasteiger partial charge in [0, 0.05) is 12.2 Å². The van der Waals surface area contributed by atoms with Crippen molar-refractivity contribution >= 4 is 11.7 Å². The number of ether oxygens (including phenoxy) is 1. The van der Waals surface area contributed by atoms with Crippen LogP contribution in [0, 0.1) is 0 Å². The Hall–Kier alpha value is -3.31. The van der Waals surface area contributed by atoms with Gasteiger partial charge in [-0.2, -0.15) is 0 Å². The van der Waals surface area contributed by atoms with Crippen LogP contribution in [-0.4, -0.2) is 30.8 Å². The Bertz CT molecular complexity index is 890. The molecule has 1 atom stereocenters. The molecule has 0 saturated carbocycles. The molecule has 0 aliphatic rings. The first-order valence-corrected chi connectivity index (χ1v) is 10.6. The maximum Gasteiger partial charge on any atom is 0.320 e. The quantitative estimate of drug-likeness (QED) is 0.434. The smallest absolute Gasteiger partial charge is 0.320 e. The van der Waals surface area contributed by atoms with Crippen molar-refractivity contribution in [3.63, 3.8) is 0 Å². The summed E-state index contributed by atoms with van der Waals surface area (Å²) in [4.78, 5) is 13.4. The van der Waals surface area contributed by atoms with Gasteiger partial charge in [0.1, 0.15) is 11.8 Å². The number of anilines is 1. The Morgan fingerprint density at radius 3 is 1.94 bits per heavy atom. The average molecular weight is 419 g/mol. The van der Waals surface area contributed by atoms with Crippen LogP contribution in [0.5, 0.6) is 5.75 Å². The van der Waals surface area contributed by atoms with Crippen LogP contribution < -0.4 is 15.4 Å². The lowest BCUT2D eigenvalue weighted by Gasteiger charge is -2.35. The van der Waals surface area contributed by atoms with E-state index >= 15 is 0 Å². The third-order valence-corrected chi connectivity index (χ3v) is 5.43. The van der Waals surface area contributed by atoms with Crippen LogP contribution >= 0.6 is 0 Å². The largest absolute Gasteiger partial charge is 0.497 e. The van der Waals surface area contributed by atoms with Crippen molar-refractivity contribution in [3.8, 4) is 5.75 Å². The molecule has 0 fully saturated rings. The van der Waals surface area contributed by atoms with E-state index in [1.165, 1.54) is 11.1 Å². The van der Waals surface area contributed by atoms with E-state index in [1.807, 2.05) is 24.3 Å². The number of unbranched alkanes of at least 4 members (excludes halogenated alkanes) is 1. The molecule has 0 aliphatic heterocycles. The third kappa shape index (κ3) is 6.09. The molecule has 0 saturated heterocycles. The van der Waals surface area contributed by atoms with E-state index in [-0.39, 0.29) is 6.04 Å². The van der Waals surface area contributed by atoms with Crippen molar-refractivity contribution in [2.24, 2.45) is 5.73 Å². The van der Waals surface area contributed by atoms with Gasteiger partial charge in [0.2, 0.25) is 0 Å². The third-order valence-electron chi connectivity index (χ3n) is 5.43. The molecule has 5 heteroatoms. The van der Waals surface area contributed by atoms with E-state index < -0.39 is 12.0 Å². The Morgan fingerprint density at radius 1 is 0.903 bits per heavy atom. The minimum atomic E-state index is -0.946. The molecule has 162 valence electrons. The summed E-state index contributed by atoms with van der Waals surface area (Å²) in [5.74, 6) is -0.134. The van der Waals surface area contributed by atoms with Gasteiger partial charge in [-0.3, -0.25) is 4.79 Å². The van der Waals surface area contributed by atoms with Crippen molar-refractivity contribution in [1.82, 2.24) is 0 Å². The number of carbonyl (C=O) groups is 1.